The second-order valence-corrected chi connectivity index (χ2v) is 5.44. The van der Waals surface area contributed by atoms with Crippen LogP contribution in [0.25, 0.3) is 0 Å². The first kappa shape index (κ1) is 11.6. The minimum atomic E-state index is 0.448. The van der Waals surface area contributed by atoms with Gasteiger partial charge in [0.2, 0.25) is 0 Å². The van der Waals surface area contributed by atoms with E-state index in [9.17, 15) is 0 Å². The van der Waals surface area contributed by atoms with Crippen molar-refractivity contribution < 1.29 is 0 Å². The Morgan fingerprint density at radius 2 is 1.78 bits per heavy atom. The lowest BCUT2D eigenvalue weighted by atomic mass is 10.1. The minimum Gasteiger partial charge on any atom is -0.347 e. The van der Waals surface area contributed by atoms with Gasteiger partial charge in [0.1, 0.15) is 10.5 Å². The summed E-state index contributed by atoms with van der Waals surface area (Å²) in [6.45, 7) is 4.09. The Morgan fingerprint density at radius 3 is 2.33 bits per heavy atom. The predicted molar refractivity (Wildman–Crippen MR) is 75.5 cm³/mol. The molecule has 1 aromatic heterocycles. The fourth-order valence-electron chi connectivity index (χ4n) is 2.61. The number of hydrogen-bond donors (Lipinski definition) is 1. The molecule has 1 aliphatic rings. The minimum absolute atomic E-state index is 0.448. The number of hydrogen-bond acceptors (Lipinski definition) is 2. The molecule has 92 valence electrons. The second-order valence-electron chi connectivity index (χ2n) is 5.05. The molecule has 0 aliphatic heterocycles. The monoisotopic (exact) mass is 256 g/mol. The first-order chi connectivity index (χ1) is 8.65. The van der Waals surface area contributed by atoms with Gasteiger partial charge in [0.15, 0.2) is 0 Å². The predicted octanol–water partition coefficient (Wildman–Crippen LogP) is 3.64. The average Bonchev–Trinajstić information content (AvgIpc) is 2.79. The van der Waals surface area contributed by atoms with Gasteiger partial charge in [-0.25, -0.2) is 4.98 Å². The molecule has 0 fully saturated rings. The van der Waals surface area contributed by atoms with Gasteiger partial charge in [-0.05, 0) is 37.8 Å². The molecular formula is C15H16N2S. The SMILES string of the molecule is Cc1[nH]c(C2Cc3ccccc3C2)nc(=S)c1C. The third kappa shape index (κ3) is 1.89. The third-order valence-electron chi connectivity index (χ3n) is 3.86. The van der Waals surface area contributed by atoms with Crippen LogP contribution < -0.4 is 0 Å². The van der Waals surface area contributed by atoms with E-state index < -0.39 is 0 Å². The first-order valence-electron chi connectivity index (χ1n) is 6.29. The summed E-state index contributed by atoms with van der Waals surface area (Å²) < 4.78 is 0.734. The molecule has 2 aromatic rings. The summed E-state index contributed by atoms with van der Waals surface area (Å²) in [7, 11) is 0. The lowest BCUT2D eigenvalue weighted by Crippen LogP contribution is -2.07. The molecule has 0 saturated heterocycles. The fourth-order valence-corrected chi connectivity index (χ4v) is 2.86. The zero-order valence-corrected chi connectivity index (χ0v) is 11.5. The van der Waals surface area contributed by atoms with Gasteiger partial charge in [-0.1, -0.05) is 36.5 Å². The number of H-pyrrole nitrogens is 1. The number of aromatic amines is 1. The number of benzene rings is 1. The quantitative estimate of drug-likeness (QED) is 0.789. The lowest BCUT2D eigenvalue weighted by molar-refractivity contribution is 0.674. The van der Waals surface area contributed by atoms with E-state index >= 15 is 0 Å². The summed E-state index contributed by atoms with van der Waals surface area (Å²) in [4.78, 5) is 7.97. The molecule has 1 aliphatic carbocycles. The standard InChI is InChI=1S/C15H16N2S/c1-9-10(2)16-14(17-15(9)18)13-7-11-5-3-4-6-12(11)8-13/h3-6,13H,7-8H2,1-2H3,(H,16,17,18). The van der Waals surface area contributed by atoms with Gasteiger partial charge < -0.3 is 4.98 Å². The Kier molecular flexibility index (Phi) is 2.78. The lowest BCUT2D eigenvalue weighted by Gasteiger charge is -2.11. The summed E-state index contributed by atoms with van der Waals surface area (Å²) >= 11 is 5.32. The third-order valence-corrected chi connectivity index (χ3v) is 4.26. The van der Waals surface area contributed by atoms with Crippen molar-refractivity contribution in [1.82, 2.24) is 9.97 Å². The molecule has 0 amide bonds. The van der Waals surface area contributed by atoms with Crippen LogP contribution in [0.4, 0.5) is 0 Å². The fraction of sp³-hybridized carbons (Fsp3) is 0.333. The summed E-state index contributed by atoms with van der Waals surface area (Å²) in [6.07, 6.45) is 2.13. The van der Waals surface area contributed by atoms with Gasteiger partial charge in [0.25, 0.3) is 0 Å². The van der Waals surface area contributed by atoms with Gasteiger partial charge in [-0.2, -0.15) is 0 Å². The summed E-state index contributed by atoms with van der Waals surface area (Å²) in [6, 6.07) is 8.64. The largest absolute Gasteiger partial charge is 0.347 e. The Balaban J connectivity index is 1.98. The molecule has 1 heterocycles. The molecule has 1 N–H and O–H groups in total. The van der Waals surface area contributed by atoms with Crippen molar-refractivity contribution >= 4 is 12.2 Å². The van der Waals surface area contributed by atoms with E-state index in [0.29, 0.717) is 5.92 Å². The number of rotatable bonds is 1. The molecule has 0 spiro atoms. The maximum Gasteiger partial charge on any atom is 0.132 e. The van der Waals surface area contributed by atoms with E-state index in [1.54, 1.807) is 0 Å². The maximum atomic E-state index is 5.32. The number of aryl methyl sites for hydroxylation is 1. The van der Waals surface area contributed by atoms with Crippen LogP contribution in [0.2, 0.25) is 0 Å². The Bertz CT molecular complexity index is 633. The Hall–Kier alpha value is -1.48. The van der Waals surface area contributed by atoms with Crippen molar-refractivity contribution in [1.29, 1.82) is 0 Å². The normalized spacial score (nSPS) is 14.8. The van der Waals surface area contributed by atoms with Crippen molar-refractivity contribution in [3.8, 4) is 0 Å². The molecular weight excluding hydrogens is 240 g/mol. The van der Waals surface area contributed by atoms with Gasteiger partial charge in [-0.15, -0.1) is 0 Å². The number of fused-ring (bicyclic) bond motifs is 1. The maximum absolute atomic E-state index is 5.32. The van der Waals surface area contributed by atoms with E-state index in [-0.39, 0.29) is 0 Å². The average molecular weight is 256 g/mol. The highest BCUT2D eigenvalue weighted by Crippen LogP contribution is 2.32. The van der Waals surface area contributed by atoms with Crippen LogP contribution in [0.5, 0.6) is 0 Å². The molecule has 0 radical (unpaired) electrons. The topological polar surface area (TPSA) is 28.7 Å². The zero-order chi connectivity index (χ0) is 12.7. The molecule has 18 heavy (non-hydrogen) atoms. The van der Waals surface area contributed by atoms with Crippen molar-refractivity contribution in [2.24, 2.45) is 0 Å². The van der Waals surface area contributed by atoms with Gasteiger partial charge in [-0.3, -0.25) is 0 Å². The van der Waals surface area contributed by atoms with Crippen LogP contribution in [0, 0.1) is 18.5 Å². The van der Waals surface area contributed by atoms with Gasteiger partial charge >= 0.3 is 0 Å². The molecule has 0 atom stereocenters. The van der Waals surface area contributed by atoms with Crippen LogP contribution in [-0.4, -0.2) is 9.97 Å². The van der Waals surface area contributed by atoms with Crippen LogP contribution in [-0.2, 0) is 12.8 Å². The van der Waals surface area contributed by atoms with E-state index in [1.807, 2.05) is 6.92 Å². The summed E-state index contributed by atoms with van der Waals surface area (Å²) in [5.74, 6) is 1.49. The Labute approximate surface area is 112 Å². The van der Waals surface area contributed by atoms with Crippen LogP contribution >= 0.6 is 12.2 Å². The van der Waals surface area contributed by atoms with Gasteiger partial charge in [0, 0.05) is 17.2 Å². The zero-order valence-electron chi connectivity index (χ0n) is 10.7. The van der Waals surface area contributed by atoms with Crippen molar-refractivity contribution in [2.75, 3.05) is 0 Å². The van der Waals surface area contributed by atoms with Crippen LogP contribution in [0.1, 0.15) is 34.1 Å². The van der Waals surface area contributed by atoms with Crippen LogP contribution in [0.3, 0.4) is 0 Å². The van der Waals surface area contributed by atoms with Crippen molar-refractivity contribution in [2.45, 2.75) is 32.6 Å². The molecule has 3 rings (SSSR count). The van der Waals surface area contributed by atoms with Crippen molar-refractivity contribution in [3.63, 3.8) is 0 Å². The molecule has 0 bridgehead atoms. The van der Waals surface area contributed by atoms with E-state index in [4.69, 9.17) is 12.2 Å². The highest BCUT2D eigenvalue weighted by Gasteiger charge is 2.24. The van der Waals surface area contributed by atoms with E-state index in [1.165, 1.54) is 11.1 Å². The first-order valence-corrected chi connectivity index (χ1v) is 6.70. The summed E-state index contributed by atoms with van der Waals surface area (Å²) in [5, 5.41) is 0. The summed E-state index contributed by atoms with van der Waals surface area (Å²) in [5.41, 5.74) is 5.12. The van der Waals surface area contributed by atoms with E-state index in [0.717, 1.165) is 34.6 Å². The highest BCUT2D eigenvalue weighted by molar-refractivity contribution is 7.71. The highest BCUT2D eigenvalue weighted by atomic mass is 32.1. The van der Waals surface area contributed by atoms with Crippen LogP contribution in [0.15, 0.2) is 24.3 Å². The smallest absolute Gasteiger partial charge is 0.132 e. The number of aromatic nitrogens is 2. The number of nitrogens with zero attached hydrogens (tertiary/aromatic N) is 1. The Morgan fingerprint density at radius 1 is 1.17 bits per heavy atom. The number of nitrogens with one attached hydrogen (secondary N) is 1. The van der Waals surface area contributed by atoms with Crippen molar-refractivity contribution in [3.05, 3.63) is 57.1 Å². The molecule has 2 nitrogen and oxygen atoms in total. The molecule has 1 aromatic carbocycles. The molecule has 0 saturated carbocycles. The molecule has 3 heteroatoms. The molecule has 0 unspecified atom stereocenters. The van der Waals surface area contributed by atoms with E-state index in [2.05, 4.69) is 41.2 Å². The van der Waals surface area contributed by atoms with Gasteiger partial charge in [0.05, 0.1) is 0 Å². The second kappa shape index (κ2) is 4.32.